The van der Waals surface area contributed by atoms with Crippen LogP contribution in [0.3, 0.4) is 0 Å². The molecule has 1 atom stereocenters. The van der Waals surface area contributed by atoms with Crippen LogP contribution in [0.2, 0.25) is 0 Å². The lowest BCUT2D eigenvalue weighted by Gasteiger charge is -2.33. The molecular weight excluding hydrogens is 568 g/mol. The van der Waals surface area contributed by atoms with Gasteiger partial charge in [0.1, 0.15) is 5.82 Å². The maximum absolute atomic E-state index is 14.7. The molecule has 1 heterocycles. The Labute approximate surface area is 247 Å². The molecule has 11 heteroatoms. The second-order valence-electron chi connectivity index (χ2n) is 11.4. The second-order valence-corrected chi connectivity index (χ2v) is 11.4. The Kier molecular flexibility index (Phi) is 8.87. The summed E-state index contributed by atoms with van der Waals surface area (Å²) >= 11 is 0. The molecule has 230 valence electrons. The van der Waals surface area contributed by atoms with Crippen LogP contribution in [-0.2, 0) is 15.9 Å². The van der Waals surface area contributed by atoms with E-state index in [0.29, 0.717) is 11.3 Å². The number of rotatable bonds is 11. The van der Waals surface area contributed by atoms with Gasteiger partial charge in [0.25, 0.3) is 0 Å². The van der Waals surface area contributed by atoms with Gasteiger partial charge in [-0.25, -0.2) is 9.37 Å². The molecule has 0 saturated heterocycles. The van der Waals surface area contributed by atoms with E-state index in [0.717, 1.165) is 18.9 Å². The Hall–Kier alpha value is -3.99. The number of aliphatic hydroxyl groups is 1. The fourth-order valence-corrected chi connectivity index (χ4v) is 4.73. The summed E-state index contributed by atoms with van der Waals surface area (Å²) in [5.41, 5.74) is -4.57. The van der Waals surface area contributed by atoms with Gasteiger partial charge in [-0.1, -0.05) is 0 Å². The normalized spacial score (nSPS) is 15.0. The zero-order valence-electron chi connectivity index (χ0n) is 24.6. The lowest BCUT2D eigenvalue weighted by Crippen LogP contribution is -2.44. The number of aromatic nitrogens is 1. The van der Waals surface area contributed by atoms with E-state index in [1.54, 1.807) is 13.8 Å². The number of ether oxygens (including phenoxy) is 2. The highest BCUT2D eigenvalue weighted by Gasteiger charge is 2.56. The fraction of sp³-hybridized carbons (Fsp3) is 0.406. The van der Waals surface area contributed by atoms with E-state index in [1.165, 1.54) is 63.4 Å². The first-order valence-electron chi connectivity index (χ1n) is 13.8. The van der Waals surface area contributed by atoms with E-state index in [2.05, 4.69) is 10.3 Å². The number of alkyl halides is 3. The molecule has 7 nitrogen and oxygen atoms in total. The third-order valence-electron chi connectivity index (χ3n) is 7.40. The molecule has 43 heavy (non-hydrogen) atoms. The summed E-state index contributed by atoms with van der Waals surface area (Å²) in [6, 6.07) is 10.9. The fourth-order valence-electron chi connectivity index (χ4n) is 4.73. The van der Waals surface area contributed by atoms with Crippen molar-refractivity contribution in [2.45, 2.75) is 76.8 Å². The molecule has 1 amide bonds. The molecule has 2 N–H and O–H groups in total. The summed E-state index contributed by atoms with van der Waals surface area (Å²) in [4.78, 5) is 29.2. The maximum Gasteiger partial charge on any atom is 0.422 e. The molecule has 0 bridgehead atoms. The molecule has 2 aromatic carbocycles. The number of hydrogen-bond donors (Lipinski definition) is 2. The first-order valence-corrected chi connectivity index (χ1v) is 13.8. The van der Waals surface area contributed by atoms with E-state index >= 15 is 0 Å². The molecule has 1 unspecified atom stereocenters. The number of benzene rings is 2. The van der Waals surface area contributed by atoms with Crippen molar-refractivity contribution in [1.82, 2.24) is 10.3 Å². The minimum absolute atomic E-state index is 0.0269. The van der Waals surface area contributed by atoms with E-state index in [1.807, 2.05) is 0 Å². The van der Waals surface area contributed by atoms with Crippen LogP contribution in [0.4, 0.5) is 17.6 Å². The van der Waals surface area contributed by atoms with Gasteiger partial charge < -0.3 is 19.9 Å². The minimum Gasteiger partial charge on any atom is -0.493 e. The van der Waals surface area contributed by atoms with Gasteiger partial charge in [-0.05, 0) is 99.7 Å². The molecule has 3 aromatic rings. The highest BCUT2D eigenvalue weighted by molar-refractivity contribution is 5.96. The van der Waals surface area contributed by atoms with Crippen LogP contribution in [0, 0.1) is 12.7 Å². The molecule has 1 aliphatic rings. The van der Waals surface area contributed by atoms with Crippen LogP contribution < -0.4 is 14.8 Å². The Morgan fingerprint density at radius 1 is 1.05 bits per heavy atom. The van der Waals surface area contributed by atoms with Gasteiger partial charge in [0.2, 0.25) is 11.5 Å². The van der Waals surface area contributed by atoms with Crippen molar-refractivity contribution in [2.24, 2.45) is 0 Å². The highest BCUT2D eigenvalue weighted by Crippen LogP contribution is 2.44. The monoisotopic (exact) mass is 602 g/mol. The first kappa shape index (κ1) is 31.9. The number of carbonyl (C=O) groups excluding carboxylic acids is 2. The standard InChI is InChI=1S/C32H34F4N2O5/c1-18-14-20(6-10-24(18)33)25-16-22(30(3,4)38-19(2)39)17-29(37-25)31(41,32(34,35)36)13-12-26(40)21-7-11-27(28(15-21)42-5)43-23-8-9-23/h6-7,10-11,14-17,23,41H,8-9,12-13H2,1-5H3,(H,38,39). The van der Waals surface area contributed by atoms with Crippen molar-refractivity contribution in [2.75, 3.05) is 7.11 Å². The van der Waals surface area contributed by atoms with Crippen LogP contribution in [0.15, 0.2) is 48.5 Å². The van der Waals surface area contributed by atoms with Gasteiger partial charge in [0.05, 0.1) is 30.1 Å². The smallest absolute Gasteiger partial charge is 0.422 e. The molecule has 0 spiro atoms. The largest absolute Gasteiger partial charge is 0.493 e. The third-order valence-corrected chi connectivity index (χ3v) is 7.40. The van der Waals surface area contributed by atoms with Crippen molar-refractivity contribution >= 4 is 11.7 Å². The van der Waals surface area contributed by atoms with Gasteiger partial charge in [-0.2, -0.15) is 13.2 Å². The molecule has 0 radical (unpaired) electrons. The SMILES string of the molecule is COc1cc(C(=O)CCC(O)(c2cc(C(C)(C)NC(C)=O)cc(-c3ccc(F)c(C)c3)n2)C(F)(F)F)ccc1OC1CC1. The summed E-state index contributed by atoms with van der Waals surface area (Å²) in [5.74, 6) is -0.878. The lowest BCUT2D eigenvalue weighted by atomic mass is 9.85. The van der Waals surface area contributed by atoms with Gasteiger partial charge in [-0.15, -0.1) is 0 Å². The van der Waals surface area contributed by atoms with Crippen LogP contribution >= 0.6 is 0 Å². The lowest BCUT2D eigenvalue weighted by molar-refractivity contribution is -0.270. The van der Waals surface area contributed by atoms with Crippen molar-refractivity contribution in [3.8, 4) is 22.8 Å². The van der Waals surface area contributed by atoms with Crippen LogP contribution in [0.25, 0.3) is 11.3 Å². The Bertz CT molecular complexity index is 1530. The van der Waals surface area contributed by atoms with E-state index in [9.17, 15) is 32.3 Å². The number of nitrogens with one attached hydrogen (secondary N) is 1. The molecule has 4 rings (SSSR count). The first-order chi connectivity index (χ1) is 20.0. The van der Waals surface area contributed by atoms with Gasteiger partial charge in [0, 0.05) is 24.5 Å². The van der Waals surface area contributed by atoms with Gasteiger partial charge in [-0.3, -0.25) is 9.59 Å². The number of halogens is 4. The number of carbonyl (C=O) groups is 2. The van der Waals surface area contributed by atoms with Gasteiger partial charge in [0.15, 0.2) is 17.3 Å². The predicted octanol–water partition coefficient (Wildman–Crippen LogP) is 6.53. The summed E-state index contributed by atoms with van der Waals surface area (Å²) in [7, 11) is 1.40. The highest BCUT2D eigenvalue weighted by atomic mass is 19.4. The maximum atomic E-state index is 14.7. The third kappa shape index (κ3) is 7.15. The molecule has 1 aromatic heterocycles. The van der Waals surface area contributed by atoms with Crippen LogP contribution in [0.5, 0.6) is 11.5 Å². The number of pyridine rings is 1. The minimum atomic E-state index is -5.23. The predicted molar refractivity (Wildman–Crippen MR) is 151 cm³/mol. The molecule has 1 saturated carbocycles. The quantitative estimate of drug-likeness (QED) is 0.191. The Morgan fingerprint density at radius 3 is 2.33 bits per heavy atom. The Morgan fingerprint density at radius 2 is 1.74 bits per heavy atom. The second kappa shape index (κ2) is 11.9. The van der Waals surface area contributed by atoms with Crippen molar-refractivity contribution in [3.63, 3.8) is 0 Å². The van der Waals surface area contributed by atoms with Crippen LogP contribution in [-0.4, -0.2) is 41.2 Å². The van der Waals surface area contributed by atoms with Crippen molar-refractivity contribution < 1.29 is 41.7 Å². The number of amides is 1. The molecule has 0 aliphatic heterocycles. The van der Waals surface area contributed by atoms with Crippen molar-refractivity contribution in [1.29, 1.82) is 0 Å². The average molecular weight is 603 g/mol. The van der Waals surface area contributed by atoms with E-state index < -0.39 is 53.4 Å². The van der Waals surface area contributed by atoms with E-state index in [-0.39, 0.29) is 34.2 Å². The number of aryl methyl sites for hydroxylation is 1. The summed E-state index contributed by atoms with van der Waals surface area (Å²) < 4.78 is 69.1. The topological polar surface area (TPSA) is 97.8 Å². The molecular formula is C32H34F4N2O5. The Balaban J connectivity index is 1.73. The zero-order chi connectivity index (χ0) is 31.7. The summed E-state index contributed by atoms with van der Waals surface area (Å²) in [5, 5.41) is 14.0. The number of ketones is 1. The van der Waals surface area contributed by atoms with Crippen molar-refractivity contribution in [3.05, 3.63) is 76.7 Å². The van der Waals surface area contributed by atoms with E-state index in [4.69, 9.17) is 9.47 Å². The summed E-state index contributed by atoms with van der Waals surface area (Å²) in [6.45, 7) is 5.95. The number of methoxy groups -OCH3 is 1. The van der Waals surface area contributed by atoms with Gasteiger partial charge >= 0.3 is 6.18 Å². The number of nitrogens with zero attached hydrogens (tertiary/aromatic N) is 1. The summed E-state index contributed by atoms with van der Waals surface area (Å²) in [6.07, 6.45) is -5.06. The molecule has 1 fully saturated rings. The molecule has 1 aliphatic carbocycles. The average Bonchev–Trinajstić information content (AvgIpc) is 3.75. The van der Waals surface area contributed by atoms with Crippen LogP contribution in [0.1, 0.15) is 73.6 Å². The number of hydrogen-bond acceptors (Lipinski definition) is 6. The zero-order valence-corrected chi connectivity index (χ0v) is 24.6. The number of Topliss-reactive ketones (excluding diaryl/α,β-unsaturated/α-hetero) is 1.